The van der Waals surface area contributed by atoms with E-state index in [4.69, 9.17) is 4.74 Å². The molecule has 0 bridgehead atoms. The summed E-state index contributed by atoms with van der Waals surface area (Å²) >= 11 is 0. The molecular formula is C15H13N3O. The van der Waals surface area contributed by atoms with Gasteiger partial charge >= 0.3 is 0 Å². The first kappa shape index (κ1) is 11.5. The van der Waals surface area contributed by atoms with Crippen molar-refractivity contribution in [1.82, 2.24) is 9.97 Å². The van der Waals surface area contributed by atoms with E-state index in [1.54, 1.807) is 7.11 Å². The minimum Gasteiger partial charge on any atom is -0.478 e. The van der Waals surface area contributed by atoms with E-state index in [0.717, 1.165) is 16.7 Å². The molecule has 0 spiro atoms. The van der Waals surface area contributed by atoms with Gasteiger partial charge in [0.25, 0.3) is 5.88 Å². The van der Waals surface area contributed by atoms with Crippen LogP contribution >= 0.6 is 0 Å². The van der Waals surface area contributed by atoms with Crippen LogP contribution < -0.4 is 10.1 Å². The summed E-state index contributed by atoms with van der Waals surface area (Å²) in [6.45, 7) is 0. The molecule has 0 radical (unpaired) electrons. The van der Waals surface area contributed by atoms with Crippen LogP contribution in [0.2, 0.25) is 0 Å². The van der Waals surface area contributed by atoms with Gasteiger partial charge in [-0.15, -0.1) is 0 Å². The van der Waals surface area contributed by atoms with Crippen molar-refractivity contribution in [2.45, 2.75) is 0 Å². The fourth-order valence-electron chi connectivity index (χ4n) is 1.87. The maximum atomic E-state index is 5.29. The van der Waals surface area contributed by atoms with E-state index in [1.165, 1.54) is 0 Å². The Morgan fingerprint density at radius 3 is 2.16 bits per heavy atom. The number of ether oxygens (including phenoxy) is 1. The third-order valence-corrected chi connectivity index (χ3v) is 2.77. The molecular weight excluding hydrogens is 238 g/mol. The van der Waals surface area contributed by atoms with Crippen LogP contribution in [-0.4, -0.2) is 17.1 Å². The largest absolute Gasteiger partial charge is 0.478 e. The van der Waals surface area contributed by atoms with Crippen molar-refractivity contribution in [3.8, 4) is 5.88 Å². The van der Waals surface area contributed by atoms with Gasteiger partial charge < -0.3 is 10.1 Å². The summed E-state index contributed by atoms with van der Waals surface area (Å²) in [4.78, 5) is 8.99. The predicted molar refractivity (Wildman–Crippen MR) is 75.8 cm³/mol. The molecule has 0 aliphatic heterocycles. The fraction of sp³-hybridized carbons (Fsp3) is 0.0667. The van der Waals surface area contributed by atoms with Gasteiger partial charge in [0.1, 0.15) is 0 Å². The smallest absolute Gasteiger partial charge is 0.258 e. The molecule has 0 aliphatic rings. The highest BCUT2D eigenvalue weighted by Crippen LogP contribution is 2.25. The molecule has 0 aliphatic carbocycles. The predicted octanol–water partition coefficient (Wildman–Crippen LogP) is 3.38. The molecule has 0 atom stereocenters. The number of benzene rings is 2. The van der Waals surface area contributed by atoms with Crippen LogP contribution in [0.25, 0.3) is 11.0 Å². The fourth-order valence-corrected chi connectivity index (χ4v) is 1.87. The Balaban J connectivity index is 2.06. The third-order valence-electron chi connectivity index (χ3n) is 2.77. The van der Waals surface area contributed by atoms with Crippen LogP contribution in [0.3, 0.4) is 0 Å². The van der Waals surface area contributed by atoms with Crippen molar-refractivity contribution in [2.24, 2.45) is 0 Å². The third kappa shape index (κ3) is 2.33. The normalized spacial score (nSPS) is 10.4. The summed E-state index contributed by atoms with van der Waals surface area (Å²) in [5.41, 5.74) is 2.60. The number of hydrogen-bond acceptors (Lipinski definition) is 4. The Hall–Kier alpha value is -2.62. The lowest BCUT2D eigenvalue weighted by Crippen LogP contribution is -2.00. The van der Waals surface area contributed by atoms with Crippen molar-refractivity contribution in [3.05, 3.63) is 54.6 Å². The molecule has 3 aromatic rings. The van der Waals surface area contributed by atoms with Gasteiger partial charge in [-0.2, -0.15) is 0 Å². The highest BCUT2D eigenvalue weighted by Gasteiger charge is 2.09. The van der Waals surface area contributed by atoms with Crippen molar-refractivity contribution in [3.63, 3.8) is 0 Å². The average Bonchev–Trinajstić information content (AvgIpc) is 2.47. The molecule has 19 heavy (non-hydrogen) atoms. The van der Waals surface area contributed by atoms with Crippen molar-refractivity contribution >= 4 is 22.5 Å². The Morgan fingerprint density at radius 2 is 1.47 bits per heavy atom. The molecule has 0 saturated carbocycles. The highest BCUT2D eigenvalue weighted by atomic mass is 16.5. The van der Waals surface area contributed by atoms with Gasteiger partial charge in [-0.1, -0.05) is 30.3 Å². The van der Waals surface area contributed by atoms with Gasteiger partial charge in [0.15, 0.2) is 5.82 Å². The quantitative estimate of drug-likeness (QED) is 0.775. The Labute approximate surface area is 111 Å². The van der Waals surface area contributed by atoms with E-state index in [1.807, 2.05) is 54.6 Å². The summed E-state index contributed by atoms with van der Waals surface area (Å²) in [6, 6.07) is 17.5. The van der Waals surface area contributed by atoms with E-state index >= 15 is 0 Å². The first-order valence-electron chi connectivity index (χ1n) is 5.99. The number of fused-ring (bicyclic) bond motifs is 1. The Kier molecular flexibility index (Phi) is 2.98. The summed E-state index contributed by atoms with van der Waals surface area (Å²) in [5.74, 6) is 1.11. The standard InChI is InChI=1S/C15H13N3O/c1-19-15-14(16-11-7-3-2-4-8-11)17-12-9-5-6-10-13(12)18-15/h2-10H,1H3,(H,16,17). The zero-order valence-corrected chi connectivity index (χ0v) is 10.5. The van der Waals surface area contributed by atoms with E-state index in [0.29, 0.717) is 11.7 Å². The number of anilines is 2. The van der Waals surface area contributed by atoms with Crippen LogP contribution in [0.15, 0.2) is 54.6 Å². The van der Waals surface area contributed by atoms with Crippen molar-refractivity contribution in [1.29, 1.82) is 0 Å². The lowest BCUT2D eigenvalue weighted by atomic mass is 10.3. The molecule has 94 valence electrons. The van der Waals surface area contributed by atoms with Gasteiger partial charge in [0.2, 0.25) is 0 Å². The lowest BCUT2D eigenvalue weighted by molar-refractivity contribution is 0.400. The second-order valence-corrected chi connectivity index (χ2v) is 4.06. The minimum atomic E-state index is 0.488. The van der Waals surface area contributed by atoms with E-state index < -0.39 is 0 Å². The average molecular weight is 251 g/mol. The first-order valence-corrected chi connectivity index (χ1v) is 5.99. The summed E-state index contributed by atoms with van der Waals surface area (Å²) in [6.07, 6.45) is 0. The molecule has 1 heterocycles. The number of aromatic nitrogens is 2. The molecule has 3 rings (SSSR count). The number of para-hydroxylation sites is 3. The monoisotopic (exact) mass is 251 g/mol. The van der Waals surface area contributed by atoms with Crippen LogP contribution in [0.5, 0.6) is 5.88 Å². The molecule has 4 heteroatoms. The van der Waals surface area contributed by atoms with Gasteiger partial charge in [0, 0.05) is 5.69 Å². The van der Waals surface area contributed by atoms with Crippen LogP contribution in [0.1, 0.15) is 0 Å². The lowest BCUT2D eigenvalue weighted by Gasteiger charge is -2.10. The molecule has 2 aromatic carbocycles. The topological polar surface area (TPSA) is 47.0 Å². The van der Waals surface area contributed by atoms with E-state index in [-0.39, 0.29) is 0 Å². The molecule has 0 unspecified atom stereocenters. The maximum absolute atomic E-state index is 5.29. The number of nitrogens with one attached hydrogen (secondary N) is 1. The molecule has 0 saturated heterocycles. The minimum absolute atomic E-state index is 0.488. The van der Waals surface area contributed by atoms with Gasteiger partial charge in [-0.3, -0.25) is 0 Å². The molecule has 1 N–H and O–H groups in total. The van der Waals surface area contributed by atoms with Gasteiger partial charge in [-0.25, -0.2) is 9.97 Å². The zero-order chi connectivity index (χ0) is 13.1. The summed E-state index contributed by atoms with van der Waals surface area (Å²) in [7, 11) is 1.59. The number of methoxy groups -OCH3 is 1. The maximum Gasteiger partial charge on any atom is 0.258 e. The van der Waals surface area contributed by atoms with Gasteiger partial charge in [0.05, 0.1) is 18.1 Å². The van der Waals surface area contributed by atoms with Crippen molar-refractivity contribution in [2.75, 3.05) is 12.4 Å². The van der Waals surface area contributed by atoms with Crippen molar-refractivity contribution < 1.29 is 4.74 Å². The Bertz CT molecular complexity index is 698. The summed E-state index contributed by atoms with van der Waals surface area (Å²) < 4.78 is 5.29. The molecule has 0 amide bonds. The van der Waals surface area contributed by atoms with E-state index in [9.17, 15) is 0 Å². The zero-order valence-electron chi connectivity index (χ0n) is 10.5. The van der Waals surface area contributed by atoms with Gasteiger partial charge in [-0.05, 0) is 24.3 Å². The number of nitrogens with zero attached hydrogens (tertiary/aromatic N) is 2. The molecule has 0 fully saturated rings. The first-order chi connectivity index (χ1) is 9.36. The number of hydrogen-bond donors (Lipinski definition) is 1. The number of rotatable bonds is 3. The van der Waals surface area contributed by atoms with Crippen LogP contribution in [-0.2, 0) is 0 Å². The second-order valence-electron chi connectivity index (χ2n) is 4.06. The highest BCUT2D eigenvalue weighted by molar-refractivity contribution is 5.78. The second kappa shape index (κ2) is 4.94. The summed E-state index contributed by atoms with van der Waals surface area (Å²) in [5, 5.41) is 3.22. The Morgan fingerprint density at radius 1 is 0.842 bits per heavy atom. The SMILES string of the molecule is COc1nc2ccccc2nc1Nc1ccccc1. The van der Waals surface area contributed by atoms with Crippen LogP contribution in [0, 0.1) is 0 Å². The molecule has 4 nitrogen and oxygen atoms in total. The van der Waals surface area contributed by atoms with Crippen LogP contribution in [0.4, 0.5) is 11.5 Å². The van der Waals surface area contributed by atoms with E-state index in [2.05, 4.69) is 15.3 Å². The molecule has 1 aromatic heterocycles.